The molecule has 2 unspecified atom stereocenters. The zero-order chi connectivity index (χ0) is 14.4. The van der Waals surface area contributed by atoms with Crippen LogP contribution in [0.4, 0.5) is 0 Å². The largest absolute Gasteiger partial charge is 0.375 e. The molecule has 2 rings (SSSR count). The van der Waals surface area contributed by atoms with Crippen LogP contribution in [-0.4, -0.2) is 45.3 Å². The second kappa shape index (κ2) is 7.74. The number of hydrogen-bond donors (Lipinski definition) is 1. The SMILES string of the molecule is CCCNC(C1CCOC2(CCCC2)C1)C(OC)OC. The number of hydrogen-bond acceptors (Lipinski definition) is 4. The molecule has 1 aliphatic carbocycles. The maximum atomic E-state index is 6.15. The van der Waals surface area contributed by atoms with Crippen LogP contribution < -0.4 is 5.32 Å². The van der Waals surface area contributed by atoms with E-state index in [2.05, 4.69) is 12.2 Å². The van der Waals surface area contributed by atoms with Crippen molar-refractivity contribution in [1.29, 1.82) is 0 Å². The Hall–Kier alpha value is -0.160. The molecule has 1 aliphatic heterocycles. The monoisotopic (exact) mass is 285 g/mol. The summed E-state index contributed by atoms with van der Waals surface area (Å²) < 4.78 is 17.2. The van der Waals surface area contributed by atoms with Gasteiger partial charge in [-0.1, -0.05) is 19.8 Å². The Bertz CT molecular complexity index is 275. The van der Waals surface area contributed by atoms with Gasteiger partial charge in [0.05, 0.1) is 11.6 Å². The Kier molecular flexibility index (Phi) is 6.27. The molecule has 0 bridgehead atoms. The molecule has 1 spiro atoms. The first-order valence-corrected chi connectivity index (χ1v) is 8.17. The molecular formula is C16H31NO3. The van der Waals surface area contributed by atoms with Gasteiger partial charge in [0.2, 0.25) is 0 Å². The number of ether oxygens (including phenoxy) is 3. The van der Waals surface area contributed by atoms with Crippen molar-refractivity contribution in [3.63, 3.8) is 0 Å². The molecule has 1 N–H and O–H groups in total. The summed E-state index contributed by atoms with van der Waals surface area (Å²) in [6, 6.07) is 0.270. The molecule has 0 radical (unpaired) electrons. The Morgan fingerprint density at radius 1 is 1.25 bits per heavy atom. The van der Waals surface area contributed by atoms with Crippen molar-refractivity contribution in [3.8, 4) is 0 Å². The molecule has 2 fully saturated rings. The van der Waals surface area contributed by atoms with Crippen molar-refractivity contribution in [3.05, 3.63) is 0 Å². The zero-order valence-electron chi connectivity index (χ0n) is 13.3. The van der Waals surface area contributed by atoms with E-state index in [1.807, 2.05) is 0 Å². The van der Waals surface area contributed by atoms with Crippen LogP contribution in [0.5, 0.6) is 0 Å². The fourth-order valence-corrected chi connectivity index (χ4v) is 3.93. The highest BCUT2D eigenvalue weighted by Gasteiger charge is 2.43. The van der Waals surface area contributed by atoms with Gasteiger partial charge in [0, 0.05) is 20.8 Å². The lowest BCUT2D eigenvalue weighted by molar-refractivity contribution is -0.157. The molecule has 4 heteroatoms. The van der Waals surface area contributed by atoms with E-state index in [-0.39, 0.29) is 17.9 Å². The molecule has 0 aromatic heterocycles. The van der Waals surface area contributed by atoms with Crippen LogP contribution in [0.25, 0.3) is 0 Å². The highest BCUT2D eigenvalue weighted by atomic mass is 16.7. The molecule has 2 aliphatic rings. The minimum atomic E-state index is -0.164. The lowest BCUT2D eigenvalue weighted by Crippen LogP contribution is -2.52. The fourth-order valence-electron chi connectivity index (χ4n) is 3.93. The lowest BCUT2D eigenvalue weighted by atomic mass is 9.80. The lowest BCUT2D eigenvalue weighted by Gasteiger charge is -2.43. The molecule has 0 aromatic carbocycles. The van der Waals surface area contributed by atoms with Gasteiger partial charge in [-0.05, 0) is 44.6 Å². The quantitative estimate of drug-likeness (QED) is 0.730. The highest BCUT2D eigenvalue weighted by Crippen LogP contribution is 2.43. The van der Waals surface area contributed by atoms with Crippen LogP contribution in [0.1, 0.15) is 51.9 Å². The topological polar surface area (TPSA) is 39.7 Å². The summed E-state index contributed by atoms with van der Waals surface area (Å²) in [7, 11) is 3.47. The molecular weight excluding hydrogens is 254 g/mol. The normalized spacial score (nSPS) is 27.3. The van der Waals surface area contributed by atoms with E-state index in [1.54, 1.807) is 14.2 Å². The number of nitrogens with one attached hydrogen (secondary N) is 1. The Labute approximate surface area is 123 Å². The average molecular weight is 285 g/mol. The highest BCUT2D eigenvalue weighted by molar-refractivity contribution is 4.95. The molecule has 1 saturated heterocycles. The summed E-state index contributed by atoms with van der Waals surface area (Å²) in [4.78, 5) is 0. The van der Waals surface area contributed by atoms with Crippen molar-refractivity contribution in [2.45, 2.75) is 69.8 Å². The third kappa shape index (κ3) is 3.73. The van der Waals surface area contributed by atoms with Crippen LogP contribution in [-0.2, 0) is 14.2 Å². The van der Waals surface area contributed by atoms with Crippen LogP contribution >= 0.6 is 0 Å². The zero-order valence-corrected chi connectivity index (χ0v) is 13.3. The van der Waals surface area contributed by atoms with Crippen LogP contribution in [0.15, 0.2) is 0 Å². The van der Waals surface area contributed by atoms with E-state index in [1.165, 1.54) is 25.7 Å². The van der Waals surface area contributed by atoms with Crippen molar-refractivity contribution >= 4 is 0 Å². The van der Waals surface area contributed by atoms with E-state index in [0.29, 0.717) is 5.92 Å². The second-order valence-corrected chi connectivity index (χ2v) is 6.31. The summed E-state index contributed by atoms with van der Waals surface area (Å²) >= 11 is 0. The van der Waals surface area contributed by atoms with Gasteiger partial charge in [-0.3, -0.25) is 0 Å². The maximum absolute atomic E-state index is 6.15. The van der Waals surface area contributed by atoms with Crippen molar-refractivity contribution in [1.82, 2.24) is 5.32 Å². The number of methoxy groups -OCH3 is 2. The van der Waals surface area contributed by atoms with Crippen LogP contribution in [0.3, 0.4) is 0 Å². The van der Waals surface area contributed by atoms with E-state index in [9.17, 15) is 0 Å². The first-order chi connectivity index (χ1) is 9.74. The summed E-state index contributed by atoms with van der Waals surface area (Å²) in [5, 5.41) is 3.64. The van der Waals surface area contributed by atoms with Crippen molar-refractivity contribution in [2.75, 3.05) is 27.4 Å². The number of rotatable bonds is 7. The third-order valence-corrected chi connectivity index (χ3v) is 4.94. The van der Waals surface area contributed by atoms with Gasteiger partial charge in [-0.25, -0.2) is 0 Å². The first kappa shape index (κ1) is 16.2. The van der Waals surface area contributed by atoms with E-state index < -0.39 is 0 Å². The first-order valence-electron chi connectivity index (χ1n) is 8.17. The van der Waals surface area contributed by atoms with Gasteiger partial charge >= 0.3 is 0 Å². The molecule has 118 valence electrons. The van der Waals surface area contributed by atoms with Crippen LogP contribution in [0.2, 0.25) is 0 Å². The molecule has 1 heterocycles. The minimum Gasteiger partial charge on any atom is -0.375 e. The molecule has 2 atom stereocenters. The van der Waals surface area contributed by atoms with E-state index >= 15 is 0 Å². The standard InChI is InChI=1S/C16H31NO3/c1-4-10-17-14(15(18-2)19-3)13-7-11-20-16(12-13)8-5-6-9-16/h13-15,17H,4-12H2,1-3H3. The summed E-state index contributed by atoms with van der Waals surface area (Å²) in [6.45, 7) is 4.09. The average Bonchev–Trinajstić information content (AvgIpc) is 2.91. The van der Waals surface area contributed by atoms with Gasteiger partial charge in [-0.2, -0.15) is 0 Å². The van der Waals surface area contributed by atoms with Crippen LogP contribution in [0, 0.1) is 5.92 Å². The predicted molar refractivity (Wildman–Crippen MR) is 79.8 cm³/mol. The Morgan fingerprint density at radius 3 is 2.55 bits per heavy atom. The maximum Gasteiger partial charge on any atom is 0.172 e. The smallest absolute Gasteiger partial charge is 0.172 e. The molecule has 4 nitrogen and oxygen atoms in total. The van der Waals surface area contributed by atoms with Gasteiger partial charge in [0.15, 0.2) is 6.29 Å². The molecule has 20 heavy (non-hydrogen) atoms. The summed E-state index contributed by atoms with van der Waals surface area (Å²) in [5.74, 6) is 0.582. The van der Waals surface area contributed by atoms with Gasteiger partial charge < -0.3 is 19.5 Å². The minimum absolute atomic E-state index is 0.154. The van der Waals surface area contributed by atoms with Gasteiger partial charge in [-0.15, -0.1) is 0 Å². The third-order valence-electron chi connectivity index (χ3n) is 4.94. The van der Waals surface area contributed by atoms with E-state index in [4.69, 9.17) is 14.2 Å². The summed E-state index contributed by atoms with van der Waals surface area (Å²) in [6.07, 6.45) is 8.32. The fraction of sp³-hybridized carbons (Fsp3) is 1.00. The Balaban J connectivity index is 2.02. The molecule has 0 aromatic rings. The predicted octanol–water partition coefficient (Wildman–Crippen LogP) is 2.71. The van der Waals surface area contributed by atoms with Gasteiger partial charge in [0.1, 0.15) is 0 Å². The van der Waals surface area contributed by atoms with E-state index in [0.717, 1.165) is 32.4 Å². The second-order valence-electron chi connectivity index (χ2n) is 6.31. The molecule has 1 saturated carbocycles. The molecule has 0 amide bonds. The van der Waals surface area contributed by atoms with Gasteiger partial charge in [0.25, 0.3) is 0 Å². The van der Waals surface area contributed by atoms with Crippen molar-refractivity contribution in [2.24, 2.45) is 5.92 Å². The van der Waals surface area contributed by atoms with Crippen molar-refractivity contribution < 1.29 is 14.2 Å². The Morgan fingerprint density at radius 2 is 1.95 bits per heavy atom. The summed E-state index contributed by atoms with van der Waals surface area (Å²) in [5.41, 5.74) is 0.154.